The number of nitrogens with zero attached hydrogens (tertiary/aromatic N) is 4. The average molecular weight is 313 g/mol. The monoisotopic (exact) mass is 313 g/mol. The predicted octanol–water partition coefficient (Wildman–Crippen LogP) is 2.29. The van der Waals surface area contributed by atoms with Gasteiger partial charge in [-0.1, -0.05) is 30.3 Å². The van der Waals surface area contributed by atoms with E-state index in [0.29, 0.717) is 0 Å². The lowest BCUT2D eigenvalue weighted by Gasteiger charge is -2.26. The highest BCUT2D eigenvalue weighted by Crippen LogP contribution is 2.22. The Morgan fingerprint density at radius 2 is 2.17 bits per heavy atom. The number of nitrogens with one attached hydrogen (secondary N) is 1. The summed E-state index contributed by atoms with van der Waals surface area (Å²) in [6.07, 6.45) is 4.67. The quantitative estimate of drug-likeness (QED) is 0.942. The Labute approximate surface area is 136 Å². The third-order valence-corrected chi connectivity index (χ3v) is 4.43. The van der Waals surface area contributed by atoms with Crippen LogP contribution in [0.2, 0.25) is 0 Å². The van der Waals surface area contributed by atoms with Crippen molar-refractivity contribution in [2.45, 2.75) is 38.3 Å². The van der Waals surface area contributed by atoms with Crippen molar-refractivity contribution in [3.63, 3.8) is 0 Å². The summed E-state index contributed by atoms with van der Waals surface area (Å²) in [5, 5.41) is 11.0. The van der Waals surface area contributed by atoms with Gasteiger partial charge < -0.3 is 14.8 Å². The van der Waals surface area contributed by atoms with Crippen molar-refractivity contribution in [2.24, 2.45) is 7.05 Å². The van der Waals surface area contributed by atoms with Crippen molar-refractivity contribution in [1.82, 2.24) is 25.0 Å². The van der Waals surface area contributed by atoms with Crippen molar-refractivity contribution in [3.8, 4) is 0 Å². The molecule has 0 saturated carbocycles. The Kier molecular flexibility index (Phi) is 4.60. The molecule has 1 aromatic heterocycles. The second-order valence-corrected chi connectivity index (χ2v) is 6.15. The summed E-state index contributed by atoms with van der Waals surface area (Å²) in [5.41, 5.74) is 1.28. The van der Waals surface area contributed by atoms with Crippen LogP contribution in [0.4, 0.5) is 4.79 Å². The van der Waals surface area contributed by atoms with Gasteiger partial charge in [0.15, 0.2) is 5.82 Å². The van der Waals surface area contributed by atoms with E-state index in [9.17, 15) is 4.79 Å². The largest absolute Gasteiger partial charge is 0.328 e. The molecule has 1 aliphatic heterocycles. The van der Waals surface area contributed by atoms with Gasteiger partial charge >= 0.3 is 6.03 Å². The van der Waals surface area contributed by atoms with Crippen molar-refractivity contribution in [2.75, 3.05) is 6.54 Å². The van der Waals surface area contributed by atoms with Crippen LogP contribution < -0.4 is 5.32 Å². The topological polar surface area (TPSA) is 63.1 Å². The Morgan fingerprint density at radius 1 is 1.39 bits per heavy atom. The van der Waals surface area contributed by atoms with Gasteiger partial charge in [-0.05, 0) is 31.7 Å². The number of likely N-dealkylation sites (tertiary alicyclic amines) is 1. The Bertz CT molecular complexity index is 654. The van der Waals surface area contributed by atoms with Gasteiger partial charge in [0.25, 0.3) is 0 Å². The van der Waals surface area contributed by atoms with E-state index in [0.717, 1.165) is 31.6 Å². The molecule has 6 nitrogen and oxygen atoms in total. The molecule has 122 valence electrons. The van der Waals surface area contributed by atoms with Gasteiger partial charge in [0.05, 0.1) is 6.04 Å². The zero-order valence-electron chi connectivity index (χ0n) is 13.6. The molecule has 0 radical (unpaired) electrons. The number of hydrogen-bond acceptors (Lipinski definition) is 3. The molecule has 3 rings (SSSR count). The molecule has 1 aromatic carbocycles. The van der Waals surface area contributed by atoms with Gasteiger partial charge in [0.2, 0.25) is 0 Å². The standard InChI is InChI=1S/C17H23N5O/c1-13(16-20-18-12-21(16)2)19-17(23)22-10-6-9-15(22)11-14-7-4-3-5-8-14/h3-5,7-8,12-13,15H,6,9-11H2,1-2H3,(H,19,23)/t13-,15+/m0/s1. The van der Waals surface area contributed by atoms with E-state index < -0.39 is 0 Å². The first-order valence-corrected chi connectivity index (χ1v) is 8.10. The molecule has 1 fully saturated rings. The number of hydrogen-bond donors (Lipinski definition) is 1. The predicted molar refractivity (Wildman–Crippen MR) is 87.8 cm³/mol. The summed E-state index contributed by atoms with van der Waals surface area (Å²) in [4.78, 5) is 14.6. The first-order valence-electron chi connectivity index (χ1n) is 8.10. The number of carbonyl (C=O) groups excluding carboxylic acids is 1. The fourth-order valence-electron chi connectivity index (χ4n) is 3.22. The van der Waals surface area contributed by atoms with Crippen LogP contribution in [0.15, 0.2) is 36.7 Å². The van der Waals surface area contributed by atoms with E-state index in [1.54, 1.807) is 6.33 Å². The zero-order chi connectivity index (χ0) is 16.2. The fraction of sp³-hybridized carbons (Fsp3) is 0.471. The third kappa shape index (κ3) is 3.52. The highest BCUT2D eigenvalue weighted by Gasteiger charge is 2.30. The van der Waals surface area contributed by atoms with E-state index in [2.05, 4.69) is 27.6 Å². The molecule has 1 N–H and O–H groups in total. The van der Waals surface area contributed by atoms with Crippen LogP contribution in [-0.4, -0.2) is 38.3 Å². The van der Waals surface area contributed by atoms with E-state index in [1.807, 2.05) is 41.6 Å². The van der Waals surface area contributed by atoms with Gasteiger partial charge in [-0.25, -0.2) is 4.79 Å². The van der Waals surface area contributed by atoms with Crippen LogP contribution in [0.1, 0.15) is 37.2 Å². The molecule has 1 saturated heterocycles. The number of rotatable bonds is 4. The van der Waals surface area contributed by atoms with Gasteiger partial charge in [-0.3, -0.25) is 0 Å². The second-order valence-electron chi connectivity index (χ2n) is 6.15. The maximum atomic E-state index is 12.6. The summed E-state index contributed by atoms with van der Waals surface area (Å²) in [7, 11) is 1.88. The normalized spacial score (nSPS) is 18.9. The second kappa shape index (κ2) is 6.81. The minimum absolute atomic E-state index is 0.0149. The average Bonchev–Trinajstić information content (AvgIpc) is 3.17. The Hall–Kier alpha value is -2.37. The van der Waals surface area contributed by atoms with E-state index in [1.165, 1.54) is 5.56 Å². The molecular formula is C17H23N5O. The maximum Gasteiger partial charge on any atom is 0.318 e. The molecule has 0 bridgehead atoms. The molecule has 1 aliphatic rings. The summed E-state index contributed by atoms with van der Waals surface area (Å²) in [5.74, 6) is 0.761. The van der Waals surface area contributed by atoms with Crippen molar-refractivity contribution < 1.29 is 4.79 Å². The molecule has 0 aliphatic carbocycles. The van der Waals surface area contributed by atoms with Crippen LogP contribution >= 0.6 is 0 Å². The lowest BCUT2D eigenvalue weighted by Crippen LogP contribution is -2.44. The number of benzene rings is 1. The van der Waals surface area contributed by atoms with Crippen LogP contribution in [0.5, 0.6) is 0 Å². The van der Waals surface area contributed by atoms with Crippen molar-refractivity contribution >= 4 is 6.03 Å². The highest BCUT2D eigenvalue weighted by atomic mass is 16.2. The van der Waals surface area contributed by atoms with Crippen LogP contribution in [-0.2, 0) is 13.5 Å². The lowest BCUT2D eigenvalue weighted by molar-refractivity contribution is 0.188. The van der Waals surface area contributed by atoms with Crippen molar-refractivity contribution in [1.29, 1.82) is 0 Å². The van der Waals surface area contributed by atoms with Crippen LogP contribution in [0.3, 0.4) is 0 Å². The first-order chi connectivity index (χ1) is 11.1. The first kappa shape index (κ1) is 15.5. The molecule has 2 amide bonds. The van der Waals surface area contributed by atoms with E-state index in [4.69, 9.17) is 0 Å². The van der Waals surface area contributed by atoms with Gasteiger partial charge in [0, 0.05) is 19.6 Å². The minimum Gasteiger partial charge on any atom is -0.328 e. The number of aryl methyl sites for hydroxylation is 1. The van der Waals surface area contributed by atoms with Gasteiger partial charge in [0.1, 0.15) is 6.33 Å². The fourth-order valence-corrected chi connectivity index (χ4v) is 3.22. The molecule has 2 atom stereocenters. The van der Waals surface area contributed by atoms with Crippen LogP contribution in [0, 0.1) is 0 Å². The Morgan fingerprint density at radius 3 is 2.87 bits per heavy atom. The van der Waals surface area contributed by atoms with Gasteiger partial charge in [-0.15, -0.1) is 10.2 Å². The smallest absolute Gasteiger partial charge is 0.318 e. The molecule has 2 aromatic rings. The number of aromatic nitrogens is 3. The molecule has 6 heteroatoms. The minimum atomic E-state index is -0.159. The molecule has 0 unspecified atom stereocenters. The van der Waals surface area contributed by atoms with Gasteiger partial charge in [-0.2, -0.15) is 0 Å². The maximum absolute atomic E-state index is 12.6. The third-order valence-electron chi connectivity index (χ3n) is 4.43. The molecular weight excluding hydrogens is 290 g/mol. The number of urea groups is 1. The molecule has 2 heterocycles. The summed E-state index contributed by atoms with van der Waals surface area (Å²) in [6.45, 7) is 2.75. The van der Waals surface area contributed by atoms with E-state index in [-0.39, 0.29) is 18.1 Å². The summed E-state index contributed by atoms with van der Waals surface area (Å²) < 4.78 is 1.83. The summed E-state index contributed by atoms with van der Waals surface area (Å²) in [6, 6.07) is 10.4. The summed E-state index contributed by atoms with van der Waals surface area (Å²) >= 11 is 0. The molecule has 23 heavy (non-hydrogen) atoms. The highest BCUT2D eigenvalue weighted by molar-refractivity contribution is 5.75. The lowest BCUT2D eigenvalue weighted by atomic mass is 10.0. The molecule has 0 spiro atoms. The Balaban J connectivity index is 1.63. The number of amides is 2. The zero-order valence-corrected chi connectivity index (χ0v) is 13.6. The van der Waals surface area contributed by atoms with E-state index >= 15 is 0 Å². The number of carbonyl (C=O) groups is 1. The van der Waals surface area contributed by atoms with Crippen molar-refractivity contribution in [3.05, 3.63) is 48.0 Å². The van der Waals surface area contributed by atoms with Crippen LogP contribution in [0.25, 0.3) is 0 Å². The SMILES string of the molecule is C[C@H](NC(=O)N1CCC[C@@H]1Cc1ccccc1)c1nncn1C.